The Balaban J connectivity index is 1.44. The minimum absolute atomic E-state index is 0.00501. The highest BCUT2D eigenvalue weighted by Crippen LogP contribution is 2.51. The number of fused-ring (bicyclic) bond motifs is 1. The van der Waals surface area contributed by atoms with Gasteiger partial charge in [0.05, 0.1) is 6.10 Å². The molecule has 2 aliphatic rings. The number of halogens is 1. The van der Waals surface area contributed by atoms with Crippen LogP contribution in [0.15, 0.2) is 36.4 Å². The van der Waals surface area contributed by atoms with Crippen LogP contribution in [0, 0.1) is 29.5 Å². The Kier molecular flexibility index (Phi) is 7.64. The van der Waals surface area contributed by atoms with Crippen LogP contribution in [0.1, 0.15) is 25.7 Å². The Hall–Kier alpha value is -1.96. The highest BCUT2D eigenvalue weighted by atomic mass is 19.1. The zero-order valence-corrected chi connectivity index (χ0v) is 16.3. The van der Waals surface area contributed by atoms with Crippen molar-refractivity contribution in [2.75, 3.05) is 19.8 Å². The molecule has 2 aliphatic carbocycles. The molecule has 2 unspecified atom stereocenters. The van der Waals surface area contributed by atoms with Gasteiger partial charge in [-0.05, 0) is 67.7 Å². The number of carboxylic acid groups (broad SMARTS) is 1. The number of hydrogen-bond donors (Lipinski definition) is 3. The van der Waals surface area contributed by atoms with Crippen LogP contribution in [-0.4, -0.2) is 53.3 Å². The molecule has 2 saturated carbocycles. The monoisotopic (exact) mass is 408 g/mol. The van der Waals surface area contributed by atoms with Gasteiger partial charge in [-0.3, -0.25) is 0 Å². The first kappa shape index (κ1) is 21.7. The van der Waals surface area contributed by atoms with Crippen molar-refractivity contribution in [1.29, 1.82) is 0 Å². The summed E-state index contributed by atoms with van der Waals surface area (Å²) in [4.78, 5) is 10.5. The number of benzene rings is 1. The van der Waals surface area contributed by atoms with Crippen LogP contribution in [0.3, 0.4) is 0 Å². The Morgan fingerprint density at radius 2 is 2.00 bits per heavy atom. The minimum Gasteiger partial charge on any atom is -0.491 e. The van der Waals surface area contributed by atoms with Crippen molar-refractivity contribution in [2.45, 2.75) is 37.9 Å². The molecule has 0 heterocycles. The molecule has 160 valence electrons. The lowest BCUT2D eigenvalue weighted by atomic mass is 9.89. The van der Waals surface area contributed by atoms with Gasteiger partial charge in [-0.1, -0.05) is 12.2 Å². The van der Waals surface area contributed by atoms with Crippen LogP contribution in [-0.2, 0) is 9.53 Å². The van der Waals surface area contributed by atoms with Crippen LogP contribution < -0.4 is 4.74 Å². The third-order valence-electron chi connectivity index (χ3n) is 6.02. The molecular weight excluding hydrogens is 379 g/mol. The smallest absolute Gasteiger partial charge is 0.329 e. The van der Waals surface area contributed by atoms with Crippen LogP contribution in [0.5, 0.6) is 5.75 Å². The maximum atomic E-state index is 12.9. The molecule has 0 radical (unpaired) electrons. The molecule has 0 spiro atoms. The molecule has 7 heteroatoms. The molecule has 3 rings (SSSR count). The van der Waals surface area contributed by atoms with E-state index < -0.39 is 18.2 Å². The molecule has 0 bridgehead atoms. The van der Waals surface area contributed by atoms with Gasteiger partial charge in [0.2, 0.25) is 0 Å². The first-order valence-electron chi connectivity index (χ1n) is 10.1. The maximum Gasteiger partial charge on any atom is 0.329 e. The van der Waals surface area contributed by atoms with Gasteiger partial charge in [-0.15, -0.1) is 0 Å². The third-order valence-corrected chi connectivity index (χ3v) is 6.02. The molecule has 29 heavy (non-hydrogen) atoms. The summed E-state index contributed by atoms with van der Waals surface area (Å²) < 4.78 is 23.5. The molecule has 3 N–H and O–H groups in total. The highest BCUT2D eigenvalue weighted by molar-refractivity contribution is 5.67. The fraction of sp³-hybridized carbons (Fsp3) is 0.591. The number of aliphatic carboxylic acids is 1. The van der Waals surface area contributed by atoms with Crippen molar-refractivity contribution in [3.63, 3.8) is 0 Å². The maximum absolute atomic E-state index is 12.9. The predicted molar refractivity (Wildman–Crippen MR) is 104 cm³/mol. The fourth-order valence-electron chi connectivity index (χ4n) is 4.71. The molecule has 2 fully saturated rings. The van der Waals surface area contributed by atoms with E-state index in [2.05, 4.69) is 0 Å². The number of carboxylic acids is 1. The van der Waals surface area contributed by atoms with Gasteiger partial charge >= 0.3 is 5.97 Å². The van der Waals surface area contributed by atoms with E-state index in [1.54, 1.807) is 6.08 Å². The molecule has 1 aromatic rings. The van der Waals surface area contributed by atoms with Crippen LogP contribution in [0.25, 0.3) is 0 Å². The molecule has 1 aromatic carbocycles. The first-order valence-corrected chi connectivity index (χ1v) is 10.1. The number of hydrogen-bond acceptors (Lipinski definition) is 5. The summed E-state index contributed by atoms with van der Waals surface area (Å²) in [5.74, 6) is 0.505. The van der Waals surface area contributed by atoms with Crippen LogP contribution in [0.2, 0.25) is 0 Å². The second-order valence-electron chi connectivity index (χ2n) is 8.09. The quantitative estimate of drug-likeness (QED) is 0.407. The lowest BCUT2D eigenvalue weighted by Gasteiger charge is -2.19. The summed E-state index contributed by atoms with van der Waals surface area (Å²) in [6.45, 7) is 0.239. The van der Waals surface area contributed by atoms with Crippen LogP contribution >= 0.6 is 0 Å². The number of ether oxygens (including phenoxy) is 2. The second-order valence-corrected chi connectivity index (χ2v) is 8.09. The van der Waals surface area contributed by atoms with E-state index in [1.807, 2.05) is 6.08 Å². The lowest BCUT2D eigenvalue weighted by Crippen LogP contribution is -2.20. The van der Waals surface area contributed by atoms with E-state index in [4.69, 9.17) is 14.6 Å². The van der Waals surface area contributed by atoms with Crippen molar-refractivity contribution >= 4 is 5.97 Å². The van der Waals surface area contributed by atoms with Crippen LogP contribution in [0.4, 0.5) is 4.39 Å². The lowest BCUT2D eigenvalue weighted by molar-refractivity contribution is -0.142. The molecule has 6 nitrogen and oxygen atoms in total. The molecule has 0 amide bonds. The standard InChI is InChI=1S/C22H29FO6/c23-16-1-4-18(5-2-16)29-12-17(24)3-6-19-20-10-14(7-8-28-13-22(26)27)9-15(20)11-21(19)25/h1-6,14-15,17,19-21,24-25H,7-13H2,(H,26,27)/t14?,15-,17?,19+,20+,21+/m0/s1. The summed E-state index contributed by atoms with van der Waals surface area (Å²) in [5, 5.41) is 29.2. The first-order chi connectivity index (χ1) is 13.9. The van der Waals surface area contributed by atoms with E-state index in [-0.39, 0.29) is 24.9 Å². The molecule has 0 aromatic heterocycles. The summed E-state index contributed by atoms with van der Waals surface area (Å²) in [5.41, 5.74) is 0. The van der Waals surface area contributed by atoms with E-state index >= 15 is 0 Å². The predicted octanol–water partition coefficient (Wildman–Crippen LogP) is 2.64. The van der Waals surface area contributed by atoms with Gasteiger partial charge in [-0.2, -0.15) is 0 Å². The Morgan fingerprint density at radius 3 is 2.72 bits per heavy atom. The van der Waals surface area contributed by atoms with Gasteiger partial charge in [0, 0.05) is 12.5 Å². The SMILES string of the molecule is O=C(O)COCCC1C[C@H]2C[C@@H](O)[C@H](C=CC(O)COc3ccc(F)cc3)[C@@H]2C1. The Bertz CT molecular complexity index is 691. The Labute approximate surface area is 170 Å². The largest absolute Gasteiger partial charge is 0.491 e. The summed E-state index contributed by atoms with van der Waals surface area (Å²) in [6.07, 6.45) is 5.95. The Morgan fingerprint density at radius 1 is 1.24 bits per heavy atom. The van der Waals surface area contributed by atoms with Crippen molar-refractivity contribution in [3.8, 4) is 5.75 Å². The fourth-order valence-corrected chi connectivity index (χ4v) is 4.71. The number of aliphatic hydroxyl groups is 2. The highest BCUT2D eigenvalue weighted by Gasteiger charge is 2.46. The minimum atomic E-state index is -0.955. The van der Waals surface area contributed by atoms with Gasteiger partial charge in [0.25, 0.3) is 0 Å². The van der Waals surface area contributed by atoms with Crippen molar-refractivity contribution < 1.29 is 34.0 Å². The molecule has 0 saturated heterocycles. The normalized spacial score (nSPS) is 29.8. The topological polar surface area (TPSA) is 96.2 Å². The van der Waals surface area contributed by atoms with E-state index in [0.29, 0.717) is 30.1 Å². The zero-order valence-electron chi connectivity index (χ0n) is 16.3. The van der Waals surface area contributed by atoms with Gasteiger partial charge < -0.3 is 24.8 Å². The molecule has 6 atom stereocenters. The third kappa shape index (κ3) is 6.26. The summed E-state index contributed by atoms with van der Waals surface area (Å²) in [7, 11) is 0. The number of rotatable bonds is 10. The van der Waals surface area contributed by atoms with Crippen molar-refractivity contribution in [2.24, 2.45) is 23.7 Å². The number of carbonyl (C=O) groups is 1. The van der Waals surface area contributed by atoms with Crippen molar-refractivity contribution in [1.82, 2.24) is 0 Å². The average molecular weight is 408 g/mol. The summed E-state index contributed by atoms with van der Waals surface area (Å²) >= 11 is 0. The van der Waals surface area contributed by atoms with E-state index in [9.17, 15) is 19.4 Å². The second kappa shape index (κ2) is 10.2. The van der Waals surface area contributed by atoms with Gasteiger partial charge in [0.1, 0.15) is 30.9 Å². The van der Waals surface area contributed by atoms with Gasteiger partial charge in [0.15, 0.2) is 0 Å². The number of aliphatic hydroxyl groups excluding tert-OH is 2. The average Bonchev–Trinajstić information content (AvgIpc) is 3.19. The molecular formula is C22H29FO6. The van der Waals surface area contributed by atoms with Gasteiger partial charge in [-0.25, -0.2) is 9.18 Å². The summed E-state index contributed by atoms with van der Waals surface area (Å²) in [6, 6.07) is 5.62. The van der Waals surface area contributed by atoms with E-state index in [0.717, 1.165) is 25.7 Å². The molecule has 0 aliphatic heterocycles. The van der Waals surface area contributed by atoms with E-state index in [1.165, 1.54) is 24.3 Å². The zero-order chi connectivity index (χ0) is 20.8. The van der Waals surface area contributed by atoms with Crippen molar-refractivity contribution in [3.05, 3.63) is 42.2 Å².